The molecule has 6 heteroatoms. The van der Waals surface area contributed by atoms with E-state index in [-0.39, 0.29) is 0 Å². The molecule has 0 fully saturated rings. The third-order valence-electron chi connectivity index (χ3n) is 1.60. The Hall–Kier alpha value is -1.17. The summed E-state index contributed by atoms with van der Waals surface area (Å²) in [6, 6.07) is 1.67. The molecule has 0 aliphatic carbocycles. The molecule has 78 valence electrons. The van der Waals surface area contributed by atoms with E-state index in [0.717, 1.165) is 13.0 Å². The van der Waals surface area contributed by atoms with Crippen LogP contribution in [0.2, 0.25) is 0 Å². The predicted octanol–water partition coefficient (Wildman–Crippen LogP) is 0.239. The zero-order valence-electron chi connectivity index (χ0n) is 8.06. The van der Waals surface area contributed by atoms with E-state index in [0.29, 0.717) is 17.4 Å². The van der Waals surface area contributed by atoms with Gasteiger partial charge in [-0.3, -0.25) is 4.21 Å². The van der Waals surface area contributed by atoms with E-state index >= 15 is 0 Å². The van der Waals surface area contributed by atoms with Gasteiger partial charge in [-0.25, -0.2) is 9.97 Å². The highest BCUT2D eigenvalue weighted by molar-refractivity contribution is 7.84. The Morgan fingerprint density at radius 3 is 3.00 bits per heavy atom. The van der Waals surface area contributed by atoms with Gasteiger partial charge in [-0.15, -0.1) is 0 Å². The highest BCUT2D eigenvalue weighted by Crippen LogP contribution is 2.04. The van der Waals surface area contributed by atoms with Crippen LogP contribution in [0.25, 0.3) is 0 Å². The molecule has 0 saturated carbocycles. The van der Waals surface area contributed by atoms with Crippen molar-refractivity contribution in [2.45, 2.75) is 6.42 Å². The lowest BCUT2D eigenvalue weighted by atomic mass is 10.4. The zero-order valence-corrected chi connectivity index (χ0v) is 8.88. The van der Waals surface area contributed by atoms with Gasteiger partial charge < -0.3 is 11.1 Å². The van der Waals surface area contributed by atoms with Crippen molar-refractivity contribution in [3.63, 3.8) is 0 Å². The summed E-state index contributed by atoms with van der Waals surface area (Å²) in [6.07, 6.45) is 3.96. The fourth-order valence-electron chi connectivity index (χ4n) is 0.961. The minimum atomic E-state index is -0.725. The SMILES string of the molecule is CS(=O)CCCNc1cc(N)ncn1. The van der Waals surface area contributed by atoms with E-state index in [2.05, 4.69) is 15.3 Å². The van der Waals surface area contributed by atoms with E-state index in [4.69, 9.17) is 5.73 Å². The third kappa shape index (κ3) is 4.18. The first-order valence-electron chi connectivity index (χ1n) is 4.30. The smallest absolute Gasteiger partial charge is 0.131 e. The Morgan fingerprint density at radius 1 is 1.57 bits per heavy atom. The number of nitrogen functional groups attached to an aromatic ring is 1. The van der Waals surface area contributed by atoms with Crippen LogP contribution in [0.5, 0.6) is 0 Å². The molecule has 0 spiro atoms. The van der Waals surface area contributed by atoms with Crippen LogP contribution in [0.3, 0.4) is 0 Å². The molecular weight excluding hydrogens is 200 g/mol. The van der Waals surface area contributed by atoms with Crippen molar-refractivity contribution in [3.05, 3.63) is 12.4 Å². The maximum atomic E-state index is 10.7. The fraction of sp³-hybridized carbons (Fsp3) is 0.500. The first-order chi connectivity index (χ1) is 6.68. The Bertz CT molecular complexity index is 318. The van der Waals surface area contributed by atoms with Crippen LogP contribution in [-0.2, 0) is 10.8 Å². The summed E-state index contributed by atoms with van der Waals surface area (Å²) in [6.45, 7) is 0.746. The second-order valence-corrected chi connectivity index (χ2v) is 4.44. The number of aromatic nitrogens is 2. The summed E-state index contributed by atoms with van der Waals surface area (Å²) in [5.41, 5.74) is 5.47. The topological polar surface area (TPSA) is 80.9 Å². The lowest BCUT2D eigenvalue weighted by Gasteiger charge is -2.04. The highest BCUT2D eigenvalue weighted by Gasteiger charge is 1.95. The molecule has 0 bridgehead atoms. The fourth-order valence-corrected chi connectivity index (χ4v) is 1.51. The molecule has 0 aliphatic rings. The molecule has 14 heavy (non-hydrogen) atoms. The van der Waals surface area contributed by atoms with Crippen molar-refractivity contribution >= 4 is 22.4 Å². The van der Waals surface area contributed by atoms with Gasteiger partial charge in [-0.2, -0.15) is 0 Å². The standard InChI is InChI=1S/C8H14N4OS/c1-14(13)4-2-3-10-8-5-7(9)11-6-12-8/h5-6H,2-4H2,1H3,(H3,9,10,11,12). The first-order valence-corrected chi connectivity index (χ1v) is 6.02. The number of hydrogen-bond acceptors (Lipinski definition) is 5. The molecule has 1 aromatic heterocycles. The van der Waals surface area contributed by atoms with Crippen LogP contribution in [0.15, 0.2) is 12.4 Å². The molecule has 1 unspecified atom stereocenters. The van der Waals surface area contributed by atoms with Crippen LogP contribution in [0.4, 0.5) is 11.6 Å². The summed E-state index contributed by atoms with van der Waals surface area (Å²) in [5, 5.41) is 3.08. The monoisotopic (exact) mass is 214 g/mol. The van der Waals surface area contributed by atoms with Crippen LogP contribution in [0, 0.1) is 0 Å². The van der Waals surface area contributed by atoms with Crippen LogP contribution in [0.1, 0.15) is 6.42 Å². The maximum Gasteiger partial charge on any atom is 0.131 e. The summed E-state index contributed by atoms with van der Waals surface area (Å²) < 4.78 is 10.7. The molecular formula is C8H14N4OS. The number of hydrogen-bond donors (Lipinski definition) is 2. The average Bonchev–Trinajstić information content (AvgIpc) is 2.12. The summed E-state index contributed by atoms with van der Waals surface area (Å²) in [5.74, 6) is 1.86. The molecule has 1 aromatic rings. The van der Waals surface area contributed by atoms with Crippen molar-refractivity contribution in [2.24, 2.45) is 0 Å². The van der Waals surface area contributed by atoms with E-state index in [1.807, 2.05) is 0 Å². The molecule has 0 saturated heterocycles. The van der Waals surface area contributed by atoms with Crippen molar-refractivity contribution in [1.29, 1.82) is 0 Å². The molecule has 1 heterocycles. The first kappa shape index (κ1) is 10.9. The van der Waals surface area contributed by atoms with Gasteiger partial charge in [-0.1, -0.05) is 0 Å². The molecule has 0 amide bonds. The largest absolute Gasteiger partial charge is 0.384 e. The number of anilines is 2. The zero-order chi connectivity index (χ0) is 10.4. The van der Waals surface area contributed by atoms with Crippen molar-refractivity contribution in [3.8, 4) is 0 Å². The van der Waals surface area contributed by atoms with Crippen LogP contribution >= 0.6 is 0 Å². The van der Waals surface area contributed by atoms with Gasteiger partial charge in [0.2, 0.25) is 0 Å². The van der Waals surface area contributed by atoms with E-state index in [1.165, 1.54) is 6.33 Å². The number of nitrogens with one attached hydrogen (secondary N) is 1. The van der Waals surface area contributed by atoms with Crippen molar-refractivity contribution in [1.82, 2.24) is 9.97 Å². The Balaban J connectivity index is 2.28. The van der Waals surface area contributed by atoms with Crippen LogP contribution in [-0.4, -0.2) is 32.7 Å². The van der Waals surface area contributed by atoms with Gasteiger partial charge in [0.25, 0.3) is 0 Å². The lowest BCUT2D eigenvalue weighted by molar-refractivity contribution is 0.685. The van der Waals surface area contributed by atoms with Gasteiger partial charge in [0, 0.05) is 35.4 Å². The minimum absolute atomic E-state index is 0.446. The maximum absolute atomic E-state index is 10.7. The highest BCUT2D eigenvalue weighted by atomic mass is 32.2. The molecule has 1 rings (SSSR count). The molecule has 0 aromatic carbocycles. The second kappa shape index (κ2) is 5.54. The van der Waals surface area contributed by atoms with Crippen LogP contribution < -0.4 is 11.1 Å². The van der Waals surface area contributed by atoms with Gasteiger partial charge in [0.1, 0.15) is 18.0 Å². The Labute approximate surface area is 85.6 Å². The molecule has 5 nitrogen and oxygen atoms in total. The predicted molar refractivity (Wildman–Crippen MR) is 58.5 cm³/mol. The average molecular weight is 214 g/mol. The Kier molecular flexibility index (Phi) is 4.31. The van der Waals surface area contributed by atoms with E-state index in [1.54, 1.807) is 12.3 Å². The van der Waals surface area contributed by atoms with Crippen molar-refractivity contribution in [2.75, 3.05) is 29.6 Å². The van der Waals surface area contributed by atoms with Gasteiger partial charge >= 0.3 is 0 Å². The summed E-state index contributed by atoms with van der Waals surface area (Å²) in [4.78, 5) is 7.75. The molecule has 1 atom stereocenters. The second-order valence-electron chi connectivity index (χ2n) is 2.89. The minimum Gasteiger partial charge on any atom is -0.384 e. The van der Waals surface area contributed by atoms with Gasteiger partial charge in [0.15, 0.2) is 0 Å². The van der Waals surface area contributed by atoms with Gasteiger partial charge in [-0.05, 0) is 6.42 Å². The molecule has 0 aliphatic heterocycles. The van der Waals surface area contributed by atoms with Gasteiger partial charge in [0.05, 0.1) is 0 Å². The van der Waals surface area contributed by atoms with Crippen molar-refractivity contribution < 1.29 is 4.21 Å². The molecule has 3 N–H and O–H groups in total. The Morgan fingerprint density at radius 2 is 2.36 bits per heavy atom. The third-order valence-corrected chi connectivity index (χ3v) is 2.47. The number of nitrogens with two attached hydrogens (primary N) is 1. The lowest BCUT2D eigenvalue weighted by Crippen LogP contribution is -2.07. The summed E-state index contributed by atoms with van der Waals surface area (Å²) in [7, 11) is -0.725. The number of rotatable bonds is 5. The number of nitrogens with zero attached hydrogens (tertiary/aromatic N) is 2. The van der Waals surface area contributed by atoms with E-state index in [9.17, 15) is 4.21 Å². The normalized spacial score (nSPS) is 12.4. The summed E-state index contributed by atoms with van der Waals surface area (Å²) >= 11 is 0. The quantitative estimate of drug-likeness (QED) is 0.686. The molecule has 0 radical (unpaired) electrons. The van der Waals surface area contributed by atoms with E-state index < -0.39 is 10.8 Å².